The van der Waals surface area contributed by atoms with Crippen molar-refractivity contribution >= 4 is 0 Å². The van der Waals surface area contributed by atoms with E-state index >= 15 is 0 Å². The normalized spacial score (nSPS) is 32.6. The van der Waals surface area contributed by atoms with E-state index in [0.29, 0.717) is 0 Å². The molecule has 0 heterocycles. The molecule has 2 aliphatic carbocycles. The van der Waals surface area contributed by atoms with Crippen LogP contribution in [0.3, 0.4) is 0 Å². The molecule has 4 atom stereocenters. The summed E-state index contributed by atoms with van der Waals surface area (Å²) in [6, 6.07) is 1.58. The van der Waals surface area contributed by atoms with Gasteiger partial charge in [-0.2, -0.15) is 0 Å². The summed E-state index contributed by atoms with van der Waals surface area (Å²) < 4.78 is 0. The van der Waals surface area contributed by atoms with Crippen molar-refractivity contribution in [2.24, 2.45) is 23.7 Å². The lowest BCUT2D eigenvalue weighted by molar-refractivity contribution is 0.225. The molecule has 2 fully saturated rings. The second-order valence-corrected chi connectivity index (χ2v) is 9.00. The van der Waals surface area contributed by atoms with Crippen molar-refractivity contribution in [3.8, 4) is 0 Å². The van der Waals surface area contributed by atoms with Crippen LogP contribution in [0.15, 0.2) is 0 Å². The van der Waals surface area contributed by atoms with Crippen molar-refractivity contribution in [3.63, 3.8) is 0 Å². The molecule has 0 spiro atoms. The highest BCUT2D eigenvalue weighted by atomic mass is 14.9. The number of hydrogen-bond donors (Lipinski definition) is 2. The van der Waals surface area contributed by atoms with Gasteiger partial charge in [-0.1, -0.05) is 53.4 Å². The maximum absolute atomic E-state index is 3.83. The van der Waals surface area contributed by atoms with Crippen LogP contribution in [-0.4, -0.2) is 25.2 Å². The highest BCUT2D eigenvalue weighted by molar-refractivity contribution is 4.81. The summed E-state index contributed by atoms with van der Waals surface area (Å²) in [6.07, 6.45) is 12.7. The smallest absolute Gasteiger partial charge is 0.00698 e. The SMILES string of the molecule is CC(C)C1CCCC(NCCCNC2CCCC(C(C)C)C2)C1. The lowest BCUT2D eigenvalue weighted by Crippen LogP contribution is -2.39. The molecule has 0 bridgehead atoms. The third kappa shape index (κ3) is 6.74. The van der Waals surface area contributed by atoms with Crippen molar-refractivity contribution in [2.75, 3.05) is 13.1 Å². The van der Waals surface area contributed by atoms with E-state index in [2.05, 4.69) is 38.3 Å². The minimum absolute atomic E-state index is 0.788. The van der Waals surface area contributed by atoms with E-state index in [1.807, 2.05) is 0 Å². The second kappa shape index (κ2) is 10.0. The van der Waals surface area contributed by atoms with Gasteiger partial charge in [-0.15, -0.1) is 0 Å². The van der Waals surface area contributed by atoms with Crippen LogP contribution in [0.4, 0.5) is 0 Å². The van der Waals surface area contributed by atoms with E-state index in [4.69, 9.17) is 0 Å². The molecular formula is C21H42N2. The zero-order valence-electron chi connectivity index (χ0n) is 16.2. The van der Waals surface area contributed by atoms with Crippen LogP contribution in [0.1, 0.15) is 85.5 Å². The largest absolute Gasteiger partial charge is 0.314 e. The molecule has 2 saturated carbocycles. The van der Waals surface area contributed by atoms with Crippen LogP contribution >= 0.6 is 0 Å². The fraction of sp³-hybridized carbons (Fsp3) is 1.00. The van der Waals surface area contributed by atoms with Crippen LogP contribution in [0.2, 0.25) is 0 Å². The molecule has 0 aromatic rings. The van der Waals surface area contributed by atoms with E-state index in [1.165, 1.54) is 70.9 Å². The molecule has 2 nitrogen and oxygen atoms in total. The molecule has 0 saturated heterocycles. The summed E-state index contributed by atoms with van der Waals surface area (Å²) >= 11 is 0. The van der Waals surface area contributed by atoms with Crippen LogP contribution in [0, 0.1) is 23.7 Å². The van der Waals surface area contributed by atoms with Gasteiger partial charge >= 0.3 is 0 Å². The Morgan fingerprint density at radius 2 is 1.13 bits per heavy atom. The quantitative estimate of drug-likeness (QED) is 0.615. The first-order chi connectivity index (χ1) is 11.1. The molecule has 0 amide bonds. The fourth-order valence-electron chi connectivity index (χ4n) is 4.74. The van der Waals surface area contributed by atoms with Gasteiger partial charge in [0.25, 0.3) is 0 Å². The van der Waals surface area contributed by atoms with Gasteiger partial charge < -0.3 is 10.6 Å². The lowest BCUT2D eigenvalue weighted by Gasteiger charge is -2.33. The average molecular weight is 323 g/mol. The molecule has 136 valence electrons. The Kier molecular flexibility index (Phi) is 8.40. The van der Waals surface area contributed by atoms with E-state index in [-0.39, 0.29) is 0 Å². The Balaban J connectivity index is 1.54. The molecule has 2 heteroatoms. The van der Waals surface area contributed by atoms with Gasteiger partial charge in [0.15, 0.2) is 0 Å². The highest BCUT2D eigenvalue weighted by Gasteiger charge is 2.24. The van der Waals surface area contributed by atoms with Crippen LogP contribution in [0.5, 0.6) is 0 Å². The van der Waals surface area contributed by atoms with Crippen molar-refractivity contribution in [1.29, 1.82) is 0 Å². The Labute approximate surface area is 145 Å². The van der Waals surface area contributed by atoms with Crippen molar-refractivity contribution < 1.29 is 0 Å². The molecule has 0 aromatic heterocycles. The fourth-order valence-corrected chi connectivity index (χ4v) is 4.74. The van der Waals surface area contributed by atoms with E-state index < -0.39 is 0 Å². The standard InChI is InChI=1S/C21H42N2/c1-16(2)18-8-5-10-20(14-18)22-12-7-13-23-21-11-6-9-19(15-21)17(3)4/h16-23H,5-15H2,1-4H3. The first-order valence-electron chi connectivity index (χ1n) is 10.5. The molecule has 2 aliphatic rings. The maximum atomic E-state index is 3.83. The van der Waals surface area contributed by atoms with Gasteiger partial charge in [0.05, 0.1) is 0 Å². The molecule has 0 aromatic carbocycles. The van der Waals surface area contributed by atoms with Crippen molar-refractivity contribution in [1.82, 2.24) is 10.6 Å². The molecule has 0 aliphatic heterocycles. The summed E-state index contributed by atoms with van der Waals surface area (Å²) in [4.78, 5) is 0. The van der Waals surface area contributed by atoms with Gasteiger partial charge in [0.1, 0.15) is 0 Å². The van der Waals surface area contributed by atoms with Crippen molar-refractivity contribution in [2.45, 2.75) is 97.6 Å². The summed E-state index contributed by atoms with van der Waals surface area (Å²) in [5.41, 5.74) is 0. The third-order valence-electron chi connectivity index (χ3n) is 6.53. The van der Waals surface area contributed by atoms with Crippen LogP contribution < -0.4 is 10.6 Å². The van der Waals surface area contributed by atoms with Gasteiger partial charge in [-0.05, 0) is 68.9 Å². The average Bonchev–Trinajstić information content (AvgIpc) is 2.55. The van der Waals surface area contributed by atoms with Gasteiger partial charge in [0, 0.05) is 12.1 Å². The predicted octanol–water partition coefficient (Wildman–Crippen LogP) is 4.99. The summed E-state index contributed by atoms with van der Waals surface area (Å²) in [5, 5.41) is 7.66. The zero-order chi connectivity index (χ0) is 16.7. The topological polar surface area (TPSA) is 24.1 Å². The monoisotopic (exact) mass is 322 g/mol. The predicted molar refractivity (Wildman–Crippen MR) is 102 cm³/mol. The van der Waals surface area contributed by atoms with Gasteiger partial charge in [0.2, 0.25) is 0 Å². The number of hydrogen-bond acceptors (Lipinski definition) is 2. The number of nitrogens with one attached hydrogen (secondary N) is 2. The van der Waals surface area contributed by atoms with E-state index in [9.17, 15) is 0 Å². The van der Waals surface area contributed by atoms with Crippen molar-refractivity contribution in [3.05, 3.63) is 0 Å². The van der Waals surface area contributed by atoms with Gasteiger partial charge in [-0.25, -0.2) is 0 Å². The minimum atomic E-state index is 0.788. The molecule has 2 N–H and O–H groups in total. The van der Waals surface area contributed by atoms with Gasteiger partial charge in [-0.3, -0.25) is 0 Å². The highest BCUT2D eigenvalue weighted by Crippen LogP contribution is 2.30. The Hall–Kier alpha value is -0.0800. The Morgan fingerprint density at radius 3 is 1.52 bits per heavy atom. The molecular weight excluding hydrogens is 280 g/mol. The second-order valence-electron chi connectivity index (χ2n) is 9.00. The lowest BCUT2D eigenvalue weighted by atomic mass is 9.79. The van der Waals surface area contributed by atoms with E-state index in [0.717, 1.165) is 35.8 Å². The Bertz CT molecular complexity index is 283. The summed E-state index contributed by atoms with van der Waals surface area (Å²) in [5.74, 6) is 3.63. The summed E-state index contributed by atoms with van der Waals surface area (Å²) in [6.45, 7) is 12.0. The molecule has 0 radical (unpaired) electrons. The Morgan fingerprint density at radius 1 is 0.696 bits per heavy atom. The van der Waals surface area contributed by atoms with Crippen LogP contribution in [0.25, 0.3) is 0 Å². The molecule has 4 unspecified atom stereocenters. The minimum Gasteiger partial charge on any atom is -0.314 e. The third-order valence-corrected chi connectivity index (χ3v) is 6.53. The molecule has 23 heavy (non-hydrogen) atoms. The maximum Gasteiger partial charge on any atom is 0.00698 e. The summed E-state index contributed by atoms with van der Waals surface area (Å²) in [7, 11) is 0. The van der Waals surface area contributed by atoms with Crippen LogP contribution in [-0.2, 0) is 0 Å². The first-order valence-corrected chi connectivity index (χ1v) is 10.5. The zero-order valence-corrected chi connectivity index (χ0v) is 16.2. The first kappa shape index (κ1) is 19.2. The molecule has 2 rings (SSSR count). The number of rotatable bonds is 8. The van der Waals surface area contributed by atoms with E-state index in [1.54, 1.807) is 0 Å².